The molecule has 2 aliphatic carbocycles. The van der Waals surface area contributed by atoms with Crippen molar-refractivity contribution in [3.05, 3.63) is 33.7 Å². The lowest BCUT2D eigenvalue weighted by atomic mass is 9.89. The van der Waals surface area contributed by atoms with Gasteiger partial charge >= 0.3 is 0 Å². The molecule has 158 valence electrons. The van der Waals surface area contributed by atoms with Gasteiger partial charge in [0.15, 0.2) is 0 Å². The Morgan fingerprint density at radius 1 is 1.07 bits per heavy atom. The molecular weight excluding hydrogens is 366 g/mol. The minimum absolute atomic E-state index is 0.0673. The van der Waals surface area contributed by atoms with Gasteiger partial charge in [-0.05, 0) is 57.8 Å². The number of hydrogen-bond acceptors (Lipinski definition) is 3. The molecule has 2 bridgehead atoms. The molecule has 4 rings (SSSR count). The Kier molecular flexibility index (Phi) is 5.79. The average molecular weight is 400 g/mol. The van der Waals surface area contributed by atoms with Gasteiger partial charge in [-0.25, -0.2) is 0 Å². The number of fused-ring (bicyclic) bond motifs is 2. The molecule has 1 N–H and O–H groups in total. The number of pyridine rings is 1. The van der Waals surface area contributed by atoms with Crippen LogP contribution >= 0.6 is 0 Å². The summed E-state index contributed by atoms with van der Waals surface area (Å²) in [7, 11) is 0. The van der Waals surface area contributed by atoms with E-state index in [1.807, 2.05) is 23.3 Å². The highest BCUT2D eigenvalue weighted by molar-refractivity contribution is 5.99. The smallest absolute Gasteiger partial charge is 0.259 e. The van der Waals surface area contributed by atoms with Crippen molar-refractivity contribution in [3.63, 3.8) is 0 Å². The molecule has 0 radical (unpaired) electrons. The number of carbonyl (C=O) groups is 2. The number of nitrogens with zero attached hydrogens (tertiary/aromatic N) is 2. The summed E-state index contributed by atoms with van der Waals surface area (Å²) < 4.78 is 1.92. The van der Waals surface area contributed by atoms with Crippen LogP contribution in [0.2, 0.25) is 0 Å². The number of amides is 2. The van der Waals surface area contributed by atoms with Gasteiger partial charge in [-0.3, -0.25) is 14.4 Å². The fourth-order valence-corrected chi connectivity index (χ4v) is 5.39. The van der Waals surface area contributed by atoms with E-state index in [9.17, 15) is 14.4 Å². The van der Waals surface area contributed by atoms with Crippen molar-refractivity contribution in [2.75, 3.05) is 6.54 Å². The van der Waals surface area contributed by atoms with Gasteiger partial charge in [0.25, 0.3) is 11.8 Å². The normalized spacial score (nSPS) is 24.3. The van der Waals surface area contributed by atoms with E-state index in [0.717, 1.165) is 25.9 Å². The summed E-state index contributed by atoms with van der Waals surface area (Å²) in [6.45, 7) is 5.24. The summed E-state index contributed by atoms with van der Waals surface area (Å²) >= 11 is 0. The van der Waals surface area contributed by atoms with E-state index in [1.165, 1.54) is 38.5 Å². The molecule has 1 aliphatic heterocycles. The van der Waals surface area contributed by atoms with Crippen molar-refractivity contribution in [2.24, 2.45) is 11.8 Å². The van der Waals surface area contributed by atoms with Crippen LogP contribution < -0.4 is 10.7 Å². The molecular formula is C23H33N3O3. The molecule has 1 aromatic rings. The Hall–Kier alpha value is -2.11. The third kappa shape index (κ3) is 4.26. The molecule has 0 aromatic carbocycles. The SMILES string of the molecule is CC(C)NC(=O)c1cn(CC2CCCCC2)cc(C(=O)N2C[C@H]3CC[C@@H]2C3)c1=O. The van der Waals surface area contributed by atoms with E-state index in [1.54, 1.807) is 12.4 Å². The molecule has 3 fully saturated rings. The van der Waals surface area contributed by atoms with Gasteiger partial charge in [0, 0.05) is 37.6 Å². The van der Waals surface area contributed by atoms with E-state index >= 15 is 0 Å². The molecule has 2 atom stereocenters. The van der Waals surface area contributed by atoms with Crippen molar-refractivity contribution in [3.8, 4) is 0 Å². The molecule has 2 saturated carbocycles. The molecule has 2 heterocycles. The predicted octanol–water partition coefficient (Wildman–Crippen LogP) is 3.19. The van der Waals surface area contributed by atoms with Gasteiger partial charge in [0.1, 0.15) is 11.1 Å². The first-order valence-corrected chi connectivity index (χ1v) is 11.3. The highest BCUT2D eigenvalue weighted by atomic mass is 16.2. The zero-order valence-corrected chi connectivity index (χ0v) is 17.7. The largest absolute Gasteiger partial charge is 0.352 e. The lowest BCUT2D eigenvalue weighted by Crippen LogP contribution is -2.42. The fourth-order valence-electron chi connectivity index (χ4n) is 5.39. The minimum Gasteiger partial charge on any atom is -0.352 e. The van der Waals surface area contributed by atoms with Crippen molar-refractivity contribution in [1.29, 1.82) is 0 Å². The molecule has 1 aromatic heterocycles. The topological polar surface area (TPSA) is 71.4 Å². The molecule has 0 unspecified atom stereocenters. The second kappa shape index (κ2) is 8.33. The number of nitrogens with one attached hydrogen (secondary N) is 1. The highest BCUT2D eigenvalue weighted by Crippen LogP contribution is 2.37. The molecule has 29 heavy (non-hydrogen) atoms. The second-order valence-electron chi connectivity index (χ2n) is 9.53. The quantitative estimate of drug-likeness (QED) is 0.827. The van der Waals surface area contributed by atoms with Crippen molar-refractivity contribution >= 4 is 11.8 Å². The van der Waals surface area contributed by atoms with Crippen molar-refractivity contribution in [2.45, 2.75) is 83.8 Å². The third-order valence-corrected chi connectivity index (χ3v) is 6.84. The number of aromatic nitrogens is 1. The van der Waals surface area contributed by atoms with Crippen LogP contribution in [0.1, 0.15) is 85.9 Å². The van der Waals surface area contributed by atoms with Gasteiger partial charge in [0.05, 0.1) is 0 Å². The molecule has 6 nitrogen and oxygen atoms in total. The summed E-state index contributed by atoms with van der Waals surface area (Å²) in [5.74, 6) is 0.526. The van der Waals surface area contributed by atoms with Crippen molar-refractivity contribution < 1.29 is 9.59 Å². The first-order valence-electron chi connectivity index (χ1n) is 11.3. The standard InChI is InChI=1S/C23H33N3O3/c1-15(2)24-22(28)19-13-25(11-16-6-4-3-5-7-16)14-20(21(19)27)23(29)26-12-17-8-9-18(26)10-17/h13-18H,3-12H2,1-2H3,(H,24,28)/t17-,18+/m0/s1. The van der Waals surface area contributed by atoms with E-state index in [0.29, 0.717) is 11.8 Å². The van der Waals surface area contributed by atoms with E-state index in [2.05, 4.69) is 5.32 Å². The van der Waals surface area contributed by atoms with Gasteiger partial charge in [-0.2, -0.15) is 0 Å². The monoisotopic (exact) mass is 399 g/mol. The predicted molar refractivity (Wildman–Crippen MR) is 112 cm³/mol. The van der Waals surface area contributed by atoms with Crippen LogP contribution in [-0.4, -0.2) is 39.9 Å². The zero-order valence-electron chi connectivity index (χ0n) is 17.7. The Labute approximate surface area is 172 Å². The van der Waals surface area contributed by atoms with Crippen LogP contribution in [0.15, 0.2) is 17.2 Å². The summed E-state index contributed by atoms with van der Waals surface area (Å²) in [6, 6.07) is 0.189. The van der Waals surface area contributed by atoms with Crippen LogP contribution in [0.3, 0.4) is 0 Å². The third-order valence-electron chi connectivity index (χ3n) is 6.84. The van der Waals surface area contributed by atoms with E-state index in [-0.39, 0.29) is 35.0 Å². The zero-order chi connectivity index (χ0) is 20.5. The molecule has 1 saturated heterocycles. The van der Waals surface area contributed by atoms with E-state index in [4.69, 9.17) is 0 Å². The number of likely N-dealkylation sites (tertiary alicyclic amines) is 1. The first kappa shape index (κ1) is 20.2. The number of carbonyl (C=O) groups excluding carboxylic acids is 2. The van der Waals surface area contributed by atoms with Crippen LogP contribution in [0.4, 0.5) is 0 Å². The highest BCUT2D eigenvalue weighted by Gasteiger charge is 2.41. The lowest BCUT2D eigenvalue weighted by Gasteiger charge is -2.28. The second-order valence-corrected chi connectivity index (χ2v) is 9.53. The number of piperidine rings is 1. The minimum atomic E-state index is -0.434. The fraction of sp³-hybridized carbons (Fsp3) is 0.696. The van der Waals surface area contributed by atoms with Crippen molar-refractivity contribution in [1.82, 2.24) is 14.8 Å². The maximum Gasteiger partial charge on any atom is 0.259 e. The Bertz CT molecular complexity index is 838. The van der Waals surface area contributed by atoms with E-state index < -0.39 is 5.43 Å². The lowest BCUT2D eigenvalue weighted by molar-refractivity contribution is 0.0701. The van der Waals surface area contributed by atoms with Crippen LogP contribution in [0.25, 0.3) is 0 Å². The van der Waals surface area contributed by atoms with Gasteiger partial charge in [0.2, 0.25) is 5.43 Å². The van der Waals surface area contributed by atoms with Gasteiger partial charge < -0.3 is 14.8 Å². The van der Waals surface area contributed by atoms with Crippen LogP contribution in [-0.2, 0) is 6.54 Å². The van der Waals surface area contributed by atoms with Crippen LogP contribution in [0, 0.1) is 11.8 Å². The summed E-state index contributed by atoms with van der Waals surface area (Å²) in [4.78, 5) is 41.0. The maximum atomic E-state index is 13.3. The Morgan fingerprint density at radius 3 is 2.41 bits per heavy atom. The molecule has 6 heteroatoms. The van der Waals surface area contributed by atoms with Gasteiger partial charge in [-0.15, -0.1) is 0 Å². The molecule has 3 aliphatic rings. The van der Waals surface area contributed by atoms with Gasteiger partial charge in [-0.1, -0.05) is 19.3 Å². The Morgan fingerprint density at radius 2 is 1.79 bits per heavy atom. The maximum absolute atomic E-state index is 13.3. The number of rotatable bonds is 5. The Balaban J connectivity index is 1.66. The summed E-state index contributed by atoms with van der Waals surface area (Å²) in [6.07, 6.45) is 12.7. The molecule has 2 amide bonds. The number of hydrogen-bond donors (Lipinski definition) is 1. The summed E-state index contributed by atoms with van der Waals surface area (Å²) in [5, 5.41) is 2.82. The average Bonchev–Trinajstić information content (AvgIpc) is 3.32. The summed E-state index contributed by atoms with van der Waals surface area (Å²) in [5.41, 5.74) is -0.190. The molecule has 0 spiro atoms. The first-order chi connectivity index (χ1) is 13.9. The van der Waals surface area contributed by atoms with Crippen LogP contribution in [0.5, 0.6) is 0 Å².